The van der Waals surface area contributed by atoms with E-state index in [-0.39, 0.29) is 30.6 Å². The molecule has 9 heteroatoms. The fourth-order valence-electron chi connectivity index (χ4n) is 2.78. The van der Waals surface area contributed by atoms with Gasteiger partial charge in [0.1, 0.15) is 5.57 Å². The zero-order valence-electron chi connectivity index (χ0n) is 19.6. The van der Waals surface area contributed by atoms with Gasteiger partial charge in [-0.05, 0) is 25.0 Å². The van der Waals surface area contributed by atoms with Crippen molar-refractivity contribution in [2.24, 2.45) is 11.3 Å². The SMILES string of the molecule is CCOC(=O)/C(C=N)=C(/N/C=C/C(C)(C)CON1C(=O)c2ccccc2C1=O)OCC(C)C. The summed E-state index contributed by atoms with van der Waals surface area (Å²) in [5.74, 6) is -1.35. The van der Waals surface area contributed by atoms with Gasteiger partial charge in [0.2, 0.25) is 5.88 Å². The molecule has 0 atom stereocenters. The van der Waals surface area contributed by atoms with Crippen LogP contribution in [-0.2, 0) is 19.1 Å². The van der Waals surface area contributed by atoms with Crippen LogP contribution in [0.15, 0.2) is 48.0 Å². The molecule has 2 amide bonds. The summed E-state index contributed by atoms with van der Waals surface area (Å²) in [7, 11) is 0. The number of amides is 2. The van der Waals surface area contributed by atoms with E-state index in [2.05, 4.69) is 5.32 Å². The smallest absolute Gasteiger partial charge is 0.345 e. The molecule has 0 aromatic heterocycles. The number of esters is 1. The van der Waals surface area contributed by atoms with E-state index < -0.39 is 23.2 Å². The summed E-state index contributed by atoms with van der Waals surface area (Å²) in [5, 5.41) is 11.3. The number of carbonyl (C=O) groups excluding carboxylic acids is 3. The zero-order valence-corrected chi connectivity index (χ0v) is 19.6. The molecule has 0 bridgehead atoms. The average molecular weight is 458 g/mol. The fourth-order valence-corrected chi connectivity index (χ4v) is 2.78. The van der Waals surface area contributed by atoms with Crippen LogP contribution in [0.3, 0.4) is 0 Å². The largest absolute Gasteiger partial charge is 0.478 e. The molecule has 9 nitrogen and oxygen atoms in total. The van der Waals surface area contributed by atoms with Gasteiger partial charge in [-0.25, -0.2) is 4.79 Å². The predicted molar refractivity (Wildman–Crippen MR) is 122 cm³/mol. The molecule has 0 radical (unpaired) electrons. The van der Waals surface area contributed by atoms with Gasteiger partial charge in [-0.15, -0.1) is 5.06 Å². The van der Waals surface area contributed by atoms with Crippen molar-refractivity contribution in [2.75, 3.05) is 19.8 Å². The molecule has 33 heavy (non-hydrogen) atoms. The molecule has 0 unspecified atom stereocenters. The van der Waals surface area contributed by atoms with E-state index in [1.54, 1.807) is 43.5 Å². The molecular formula is C24H31N3O6. The minimum Gasteiger partial charge on any atom is -0.478 e. The van der Waals surface area contributed by atoms with Crippen molar-refractivity contribution < 1.29 is 28.7 Å². The van der Waals surface area contributed by atoms with E-state index in [1.165, 1.54) is 0 Å². The molecular weight excluding hydrogens is 426 g/mol. The lowest BCUT2D eigenvalue weighted by Crippen LogP contribution is -2.33. The fraction of sp³-hybridized carbons (Fsp3) is 0.417. The van der Waals surface area contributed by atoms with Crippen molar-refractivity contribution in [3.05, 3.63) is 59.1 Å². The zero-order chi connectivity index (χ0) is 24.6. The number of nitrogens with zero attached hydrogens (tertiary/aromatic N) is 1. The van der Waals surface area contributed by atoms with Crippen LogP contribution in [0.1, 0.15) is 55.3 Å². The van der Waals surface area contributed by atoms with E-state index in [0.29, 0.717) is 17.7 Å². The van der Waals surface area contributed by atoms with Crippen molar-refractivity contribution in [3.63, 3.8) is 0 Å². The predicted octanol–water partition coefficient (Wildman–Crippen LogP) is 3.44. The van der Waals surface area contributed by atoms with Crippen LogP contribution in [0.25, 0.3) is 0 Å². The molecule has 1 aliphatic heterocycles. The first-order valence-corrected chi connectivity index (χ1v) is 10.7. The molecule has 1 aliphatic rings. The lowest BCUT2D eigenvalue weighted by atomic mass is 9.95. The molecule has 2 rings (SSSR count). The number of hydrogen-bond acceptors (Lipinski definition) is 8. The Morgan fingerprint density at radius 2 is 1.76 bits per heavy atom. The Balaban J connectivity index is 2.07. The molecule has 0 spiro atoms. The third kappa shape index (κ3) is 6.76. The highest BCUT2D eigenvalue weighted by Gasteiger charge is 2.37. The Morgan fingerprint density at radius 1 is 1.15 bits per heavy atom. The van der Waals surface area contributed by atoms with Crippen LogP contribution in [-0.4, -0.2) is 48.9 Å². The van der Waals surface area contributed by atoms with Gasteiger partial charge >= 0.3 is 5.97 Å². The number of nitrogens with one attached hydrogen (secondary N) is 2. The number of fused-ring (bicyclic) bond motifs is 1. The number of ether oxygens (including phenoxy) is 2. The Labute approximate surface area is 193 Å². The number of benzene rings is 1. The van der Waals surface area contributed by atoms with Crippen molar-refractivity contribution in [1.82, 2.24) is 10.4 Å². The summed E-state index contributed by atoms with van der Waals surface area (Å²) in [6.07, 6.45) is 4.19. The molecule has 0 saturated heterocycles. The number of carbonyl (C=O) groups is 3. The van der Waals surface area contributed by atoms with Gasteiger partial charge in [-0.2, -0.15) is 0 Å². The first-order chi connectivity index (χ1) is 15.6. The van der Waals surface area contributed by atoms with Gasteiger partial charge in [0.25, 0.3) is 11.8 Å². The van der Waals surface area contributed by atoms with Crippen LogP contribution in [0, 0.1) is 16.7 Å². The van der Waals surface area contributed by atoms with Crippen LogP contribution < -0.4 is 5.32 Å². The van der Waals surface area contributed by atoms with Gasteiger partial charge in [0.05, 0.1) is 30.9 Å². The van der Waals surface area contributed by atoms with E-state index >= 15 is 0 Å². The highest BCUT2D eigenvalue weighted by Crippen LogP contribution is 2.25. The molecule has 178 valence electrons. The van der Waals surface area contributed by atoms with E-state index in [1.807, 2.05) is 27.7 Å². The van der Waals surface area contributed by atoms with Crippen LogP contribution in [0.5, 0.6) is 0 Å². The highest BCUT2D eigenvalue weighted by atomic mass is 16.7. The van der Waals surface area contributed by atoms with Gasteiger partial charge < -0.3 is 20.2 Å². The van der Waals surface area contributed by atoms with Gasteiger partial charge in [-0.3, -0.25) is 14.4 Å². The van der Waals surface area contributed by atoms with Crippen molar-refractivity contribution in [1.29, 1.82) is 5.41 Å². The van der Waals surface area contributed by atoms with Crippen molar-refractivity contribution in [2.45, 2.75) is 34.6 Å². The Bertz CT molecular complexity index is 930. The molecule has 1 heterocycles. The number of hydroxylamine groups is 2. The number of rotatable bonds is 12. The van der Waals surface area contributed by atoms with E-state index in [9.17, 15) is 14.4 Å². The Kier molecular flexibility index (Phi) is 8.93. The van der Waals surface area contributed by atoms with Crippen LogP contribution in [0.2, 0.25) is 0 Å². The number of imide groups is 1. The van der Waals surface area contributed by atoms with Crippen molar-refractivity contribution >= 4 is 24.0 Å². The topological polar surface area (TPSA) is 118 Å². The summed E-state index contributed by atoms with van der Waals surface area (Å²) in [6, 6.07) is 6.56. The Morgan fingerprint density at radius 3 is 2.27 bits per heavy atom. The summed E-state index contributed by atoms with van der Waals surface area (Å²) in [4.78, 5) is 42.6. The maximum absolute atomic E-state index is 12.4. The molecule has 0 fully saturated rings. The highest BCUT2D eigenvalue weighted by molar-refractivity contribution is 6.20. The minimum absolute atomic E-state index is 0.0395. The summed E-state index contributed by atoms with van der Waals surface area (Å²) >= 11 is 0. The molecule has 0 aliphatic carbocycles. The lowest BCUT2D eigenvalue weighted by Gasteiger charge is -2.23. The van der Waals surface area contributed by atoms with Crippen molar-refractivity contribution in [3.8, 4) is 0 Å². The summed E-state index contributed by atoms with van der Waals surface area (Å²) in [6.45, 7) is 9.85. The summed E-state index contributed by atoms with van der Waals surface area (Å²) in [5.41, 5.74) is -0.0111. The third-order valence-corrected chi connectivity index (χ3v) is 4.52. The molecule has 1 aromatic rings. The van der Waals surface area contributed by atoms with Crippen LogP contribution in [0.4, 0.5) is 0 Å². The minimum atomic E-state index is -0.666. The molecule has 0 saturated carbocycles. The monoisotopic (exact) mass is 457 g/mol. The maximum atomic E-state index is 12.4. The quantitative estimate of drug-likeness (QED) is 0.162. The normalized spacial score (nSPS) is 14.4. The molecule has 2 N–H and O–H groups in total. The second-order valence-electron chi connectivity index (χ2n) is 8.50. The van der Waals surface area contributed by atoms with Gasteiger partial charge in [0, 0.05) is 17.8 Å². The van der Waals surface area contributed by atoms with Gasteiger partial charge in [-0.1, -0.05) is 45.9 Å². The standard InChI is InChI=1S/C24H31N3O6/c1-6-31-23(30)19(13-25)20(32-14-16(2)3)26-12-11-24(4,5)15-33-27-21(28)17-9-7-8-10-18(17)22(27)29/h7-13,16,25-26H,6,14-15H2,1-5H3/b12-11+,20-19-,25-13?. The van der Waals surface area contributed by atoms with Gasteiger partial charge in [0.15, 0.2) is 0 Å². The van der Waals surface area contributed by atoms with Crippen LogP contribution >= 0.6 is 0 Å². The summed E-state index contributed by atoms with van der Waals surface area (Å²) < 4.78 is 10.7. The lowest BCUT2D eigenvalue weighted by molar-refractivity contribution is -0.138. The molecule has 1 aromatic carbocycles. The first kappa shape index (κ1) is 25.8. The second kappa shape index (κ2) is 11.4. The average Bonchev–Trinajstić information content (AvgIpc) is 3.01. The first-order valence-electron chi connectivity index (χ1n) is 10.7. The Hall–Kier alpha value is -3.46. The maximum Gasteiger partial charge on any atom is 0.345 e. The number of hydrogen-bond donors (Lipinski definition) is 2. The third-order valence-electron chi connectivity index (χ3n) is 4.52. The van der Waals surface area contributed by atoms with E-state index in [0.717, 1.165) is 11.3 Å². The van der Waals surface area contributed by atoms with E-state index in [4.69, 9.17) is 19.7 Å². The second-order valence-corrected chi connectivity index (χ2v) is 8.50.